The third-order valence-electron chi connectivity index (χ3n) is 5.48. The first-order chi connectivity index (χ1) is 14.5. The molecule has 158 valence electrons. The van der Waals surface area contributed by atoms with E-state index in [1.54, 1.807) is 23.1 Å². The number of carbonyl (C=O) groups is 2. The average Bonchev–Trinajstić information content (AvgIpc) is 3.14. The van der Waals surface area contributed by atoms with Crippen LogP contribution in [0.2, 0.25) is 10.0 Å². The summed E-state index contributed by atoms with van der Waals surface area (Å²) in [4.78, 5) is 27.0. The molecule has 0 aromatic heterocycles. The van der Waals surface area contributed by atoms with Gasteiger partial charge in [-0.15, -0.1) is 0 Å². The maximum Gasteiger partial charge on any atom is 0.239 e. The molecule has 2 aliphatic heterocycles. The lowest BCUT2D eigenvalue weighted by molar-refractivity contribution is -0.129. The Kier molecular flexibility index (Phi) is 6.46. The van der Waals surface area contributed by atoms with Crippen LogP contribution < -0.4 is 15.5 Å². The Bertz CT molecular complexity index is 930. The Hall–Kier alpha value is -2.28. The lowest BCUT2D eigenvalue weighted by atomic mass is 10.1. The number of nitrogens with zero attached hydrogens (tertiary/aromatic N) is 1. The van der Waals surface area contributed by atoms with E-state index in [1.165, 1.54) is 0 Å². The quantitative estimate of drug-likeness (QED) is 0.658. The Morgan fingerprint density at radius 1 is 0.967 bits per heavy atom. The molecule has 6 nitrogen and oxygen atoms in total. The first-order valence-corrected chi connectivity index (χ1v) is 10.8. The van der Waals surface area contributed by atoms with E-state index in [1.807, 2.05) is 24.3 Å². The number of halogens is 2. The number of anilines is 3. The summed E-state index contributed by atoms with van der Waals surface area (Å²) in [7, 11) is 0. The molecule has 0 radical (unpaired) electrons. The van der Waals surface area contributed by atoms with Crippen molar-refractivity contribution >= 4 is 52.1 Å². The molecular formula is C22H23Cl2N3O3. The van der Waals surface area contributed by atoms with E-state index in [4.69, 9.17) is 27.9 Å². The van der Waals surface area contributed by atoms with Gasteiger partial charge in [-0.2, -0.15) is 0 Å². The SMILES string of the molecule is O=C(Nc1ccc(NC2CCOCC2)cc1)C1CCN(c2ccc(Cl)c(Cl)c2)C1=O. The molecule has 0 spiro atoms. The zero-order valence-electron chi connectivity index (χ0n) is 16.4. The molecule has 2 N–H and O–H groups in total. The molecule has 8 heteroatoms. The molecule has 2 saturated heterocycles. The van der Waals surface area contributed by atoms with Crippen molar-refractivity contribution in [1.82, 2.24) is 0 Å². The highest BCUT2D eigenvalue weighted by Gasteiger charge is 2.37. The lowest BCUT2D eigenvalue weighted by Crippen LogP contribution is -2.33. The van der Waals surface area contributed by atoms with Crippen LogP contribution in [0.4, 0.5) is 17.1 Å². The van der Waals surface area contributed by atoms with E-state index in [-0.39, 0.29) is 11.8 Å². The van der Waals surface area contributed by atoms with Gasteiger partial charge in [0.1, 0.15) is 5.92 Å². The molecule has 2 amide bonds. The van der Waals surface area contributed by atoms with Crippen molar-refractivity contribution < 1.29 is 14.3 Å². The fourth-order valence-electron chi connectivity index (χ4n) is 3.79. The second-order valence-electron chi connectivity index (χ2n) is 7.53. The van der Waals surface area contributed by atoms with Crippen LogP contribution in [0.3, 0.4) is 0 Å². The Morgan fingerprint density at radius 2 is 1.67 bits per heavy atom. The Balaban J connectivity index is 1.35. The summed E-state index contributed by atoms with van der Waals surface area (Å²) < 4.78 is 5.37. The monoisotopic (exact) mass is 447 g/mol. The van der Waals surface area contributed by atoms with Gasteiger partial charge in [0.2, 0.25) is 11.8 Å². The highest BCUT2D eigenvalue weighted by atomic mass is 35.5. The molecule has 2 fully saturated rings. The zero-order valence-corrected chi connectivity index (χ0v) is 17.9. The fraction of sp³-hybridized carbons (Fsp3) is 0.364. The predicted octanol–water partition coefficient (Wildman–Crippen LogP) is 4.58. The van der Waals surface area contributed by atoms with Crippen molar-refractivity contribution in [3.63, 3.8) is 0 Å². The Morgan fingerprint density at radius 3 is 2.37 bits per heavy atom. The van der Waals surface area contributed by atoms with Crippen LogP contribution in [0.25, 0.3) is 0 Å². The number of carbonyl (C=O) groups excluding carboxylic acids is 2. The summed E-state index contributed by atoms with van der Waals surface area (Å²) in [6, 6.07) is 13.0. The van der Waals surface area contributed by atoms with E-state index in [0.717, 1.165) is 31.7 Å². The largest absolute Gasteiger partial charge is 0.382 e. The Labute approximate surface area is 185 Å². The van der Waals surface area contributed by atoms with Gasteiger partial charge in [-0.25, -0.2) is 0 Å². The molecule has 1 unspecified atom stereocenters. The van der Waals surface area contributed by atoms with Gasteiger partial charge < -0.3 is 20.3 Å². The summed E-state index contributed by atoms with van der Waals surface area (Å²) >= 11 is 12.0. The number of nitrogens with one attached hydrogen (secondary N) is 2. The van der Waals surface area contributed by atoms with Crippen molar-refractivity contribution in [2.75, 3.05) is 35.3 Å². The normalized spacial score (nSPS) is 19.7. The standard InChI is InChI=1S/C22H23Cl2N3O3/c23-19-6-5-17(13-20(19)24)27-10-7-18(22(27)29)21(28)26-15-3-1-14(2-4-15)25-16-8-11-30-12-9-16/h1-6,13,16,18,25H,7-12H2,(H,26,28). The number of benzene rings is 2. The smallest absolute Gasteiger partial charge is 0.239 e. The minimum absolute atomic E-state index is 0.233. The fourth-order valence-corrected chi connectivity index (χ4v) is 4.08. The molecule has 2 aliphatic rings. The molecule has 2 heterocycles. The van der Waals surface area contributed by atoms with Gasteiger partial charge in [0.25, 0.3) is 0 Å². The van der Waals surface area contributed by atoms with Crippen molar-refractivity contribution in [3.05, 3.63) is 52.5 Å². The highest BCUT2D eigenvalue weighted by molar-refractivity contribution is 6.42. The molecule has 2 aromatic rings. The number of rotatable bonds is 5. The van der Waals surface area contributed by atoms with Crippen LogP contribution in [-0.2, 0) is 14.3 Å². The summed E-state index contributed by atoms with van der Waals surface area (Å²) in [6.07, 6.45) is 2.42. The van der Waals surface area contributed by atoms with Gasteiger partial charge >= 0.3 is 0 Å². The van der Waals surface area contributed by atoms with E-state index in [9.17, 15) is 9.59 Å². The second-order valence-corrected chi connectivity index (χ2v) is 8.34. The molecule has 0 aliphatic carbocycles. The third-order valence-corrected chi connectivity index (χ3v) is 6.22. The molecular weight excluding hydrogens is 425 g/mol. The maximum absolute atomic E-state index is 12.8. The van der Waals surface area contributed by atoms with Gasteiger partial charge in [0.05, 0.1) is 10.0 Å². The second kappa shape index (κ2) is 9.25. The minimum atomic E-state index is -0.723. The van der Waals surface area contributed by atoms with Gasteiger partial charge in [-0.3, -0.25) is 9.59 Å². The number of ether oxygens (including phenoxy) is 1. The minimum Gasteiger partial charge on any atom is -0.382 e. The molecule has 2 aromatic carbocycles. The van der Waals surface area contributed by atoms with Gasteiger partial charge in [0.15, 0.2) is 0 Å². The van der Waals surface area contributed by atoms with Gasteiger partial charge in [0, 0.05) is 42.9 Å². The summed E-state index contributed by atoms with van der Waals surface area (Å²) in [6.45, 7) is 2.02. The maximum atomic E-state index is 12.8. The molecule has 1 atom stereocenters. The topological polar surface area (TPSA) is 70.7 Å². The highest BCUT2D eigenvalue weighted by Crippen LogP contribution is 2.31. The van der Waals surface area contributed by atoms with Crippen molar-refractivity contribution in [3.8, 4) is 0 Å². The van der Waals surface area contributed by atoms with Crippen LogP contribution in [0.1, 0.15) is 19.3 Å². The molecule has 0 bridgehead atoms. The lowest BCUT2D eigenvalue weighted by Gasteiger charge is -2.24. The van der Waals surface area contributed by atoms with Crippen LogP contribution in [0.5, 0.6) is 0 Å². The summed E-state index contributed by atoms with van der Waals surface area (Å²) in [5.74, 6) is -1.25. The van der Waals surface area contributed by atoms with E-state index < -0.39 is 5.92 Å². The first-order valence-electron chi connectivity index (χ1n) is 10.0. The van der Waals surface area contributed by atoms with Crippen molar-refractivity contribution in [1.29, 1.82) is 0 Å². The first kappa shape index (κ1) is 21.0. The predicted molar refractivity (Wildman–Crippen MR) is 119 cm³/mol. The third kappa shape index (κ3) is 4.72. The van der Waals surface area contributed by atoms with Crippen molar-refractivity contribution in [2.24, 2.45) is 5.92 Å². The van der Waals surface area contributed by atoms with Crippen LogP contribution in [-0.4, -0.2) is 37.6 Å². The zero-order chi connectivity index (χ0) is 21.1. The molecule has 0 saturated carbocycles. The van der Waals surface area contributed by atoms with E-state index >= 15 is 0 Å². The summed E-state index contributed by atoms with van der Waals surface area (Å²) in [5, 5.41) is 7.14. The average molecular weight is 448 g/mol. The number of amides is 2. The molecule has 30 heavy (non-hydrogen) atoms. The van der Waals surface area contributed by atoms with Gasteiger partial charge in [-0.05, 0) is 61.7 Å². The van der Waals surface area contributed by atoms with Gasteiger partial charge in [-0.1, -0.05) is 23.2 Å². The summed E-state index contributed by atoms with van der Waals surface area (Å²) in [5.41, 5.74) is 2.31. The van der Waals surface area contributed by atoms with Crippen LogP contribution >= 0.6 is 23.2 Å². The van der Waals surface area contributed by atoms with Crippen LogP contribution in [0.15, 0.2) is 42.5 Å². The van der Waals surface area contributed by atoms with Crippen molar-refractivity contribution in [2.45, 2.75) is 25.3 Å². The molecule has 4 rings (SSSR count). The van der Waals surface area contributed by atoms with Crippen LogP contribution in [0, 0.1) is 5.92 Å². The number of hydrogen-bond acceptors (Lipinski definition) is 4. The van der Waals surface area contributed by atoms with E-state index in [2.05, 4.69) is 10.6 Å². The van der Waals surface area contributed by atoms with E-state index in [0.29, 0.717) is 40.4 Å². The number of hydrogen-bond donors (Lipinski definition) is 2.